The minimum absolute atomic E-state index is 0.214. The van der Waals surface area contributed by atoms with Gasteiger partial charge in [-0.1, -0.05) is 0 Å². The molecule has 9 atom stereocenters. The first-order chi connectivity index (χ1) is 10.7. The molecule has 1 aliphatic heterocycles. The van der Waals surface area contributed by atoms with Crippen molar-refractivity contribution in [3.8, 4) is 0 Å². The molecule has 1 rings (SSSR count). The predicted octanol–water partition coefficient (Wildman–Crippen LogP) is -6.17. The fraction of sp³-hybridized carbons (Fsp3) is 0.917. The number of ether oxygens (including phenoxy) is 1. The van der Waals surface area contributed by atoms with E-state index in [1.807, 2.05) is 0 Å². The van der Waals surface area contributed by atoms with Crippen LogP contribution >= 0.6 is 0 Å². The van der Waals surface area contributed by atoms with E-state index in [1.54, 1.807) is 0 Å². The Kier molecular flexibility index (Phi) is 6.97. The molecule has 0 radical (unpaired) electrons. The van der Waals surface area contributed by atoms with Gasteiger partial charge in [0.05, 0.1) is 13.2 Å². The Balaban J connectivity index is 3.27. The monoisotopic (exact) mass is 342 g/mol. The maximum absolute atomic E-state index is 10.8. The van der Waals surface area contributed by atoms with Gasteiger partial charge < -0.3 is 55.5 Å². The van der Waals surface area contributed by atoms with E-state index < -0.39 is 67.6 Å². The molecule has 1 unspecified atom stereocenters. The Labute approximate surface area is 130 Å². The van der Waals surface area contributed by atoms with Crippen molar-refractivity contribution in [3.05, 3.63) is 0 Å². The van der Waals surface area contributed by atoms with Gasteiger partial charge in [0.2, 0.25) is 0 Å². The van der Waals surface area contributed by atoms with E-state index in [4.69, 9.17) is 14.9 Å². The van der Waals surface area contributed by atoms with E-state index in [1.165, 1.54) is 0 Å². The molecule has 23 heavy (non-hydrogen) atoms. The summed E-state index contributed by atoms with van der Waals surface area (Å²) >= 11 is 0. The normalized spacial score (nSPS) is 38.4. The molecule has 1 aliphatic rings. The van der Waals surface area contributed by atoms with Crippen molar-refractivity contribution < 1.29 is 55.5 Å². The topological polar surface area (TPSA) is 208 Å². The van der Waals surface area contributed by atoms with Crippen molar-refractivity contribution in [2.75, 3.05) is 13.2 Å². The Bertz CT molecular complexity index is 391. The van der Waals surface area contributed by atoms with Gasteiger partial charge in [0.15, 0.2) is 11.9 Å². The van der Waals surface area contributed by atoms with Crippen LogP contribution in [0.2, 0.25) is 0 Å². The summed E-state index contributed by atoms with van der Waals surface area (Å²) in [6.45, 7) is -1.92. The molecule has 0 aromatic carbocycles. The van der Waals surface area contributed by atoms with E-state index in [-0.39, 0.29) is 6.29 Å². The van der Waals surface area contributed by atoms with Crippen LogP contribution in [0.15, 0.2) is 0 Å². The fourth-order valence-corrected chi connectivity index (χ4v) is 2.51. The second-order valence-corrected chi connectivity index (χ2v) is 5.41. The van der Waals surface area contributed by atoms with Gasteiger partial charge in [-0.3, -0.25) is 0 Å². The lowest BCUT2D eigenvalue weighted by molar-refractivity contribution is -0.305. The second kappa shape index (κ2) is 7.90. The first-order valence-corrected chi connectivity index (χ1v) is 6.79. The summed E-state index contributed by atoms with van der Waals surface area (Å²) < 4.78 is 5.00. The third-order valence-corrected chi connectivity index (χ3v) is 3.98. The molecule has 1 saturated heterocycles. The van der Waals surface area contributed by atoms with Crippen molar-refractivity contribution in [2.45, 2.75) is 54.4 Å². The molecule has 0 spiro atoms. The molecule has 1 fully saturated rings. The molecule has 0 aliphatic carbocycles. The number of hydrogen-bond donors (Lipinski definition) is 9. The van der Waals surface area contributed by atoms with Crippen molar-refractivity contribution in [2.24, 2.45) is 0 Å². The van der Waals surface area contributed by atoms with E-state index in [2.05, 4.69) is 0 Å². The first kappa shape index (κ1) is 20.3. The van der Waals surface area contributed by atoms with Crippen LogP contribution in [0.25, 0.3) is 0 Å². The fourth-order valence-electron chi connectivity index (χ4n) is 2.51. The third-order valence-electron chi connectivity index (χ3n) is 3.98. The zero-order valence-corrected chi connectivity index (χ0v) is 12.0. The van der Waals surface area contributed by atoms with E-state index in [0.29, 0.717) is 0 Å². The van der Waals surface area contributed by atoms with Crippen molar-refractivity contribution in [3.63, 3.8) is 0 Å². The van der Waals surface area contributed by atoms with Crippen LogP contribution in [0.3, 0.4) is 0 Å². The minimum atomic E-state index is -3.04. The van der Waals surface area contributed by atoms with Gasteiger partial charge >= 0.3 is 0 Å². The van der Waals surface area contributed by atoms with Gasteiger partial charge in [-0.25, -0.2) is 0 Å². The number of aliphatic hydroxyl groups is 9. The summed E-state index contributed by atoms with van der Waals surface area (Å²) in [6.07, 6.45) is -16.4. The van der Waals surface area contributed by atoms with Crippen LogP contribution in [0.5, 0.6) is 0 Å². The van der Waals surface area contributed by atoms with Crippen molar-refractivity contribution in [1.29, 1.82) is 0 Å². The summed E-state index contributed by atoms with van der Waals surface area (Å²) in [7, 11) is 0. The molecule has 136 valence electrons. The second-order valence-electron chi connectivity index (χ2n) is 5.41. The summed E-state index contributed by atoms with van der Waals surface area (Å²) in [5.74, 6) is 0. The highest BCUT2D eigenvalue weighted by molar-refractivity contribution is 5.59. The molecule has 0 amide bonds. The lowest BCUT2D eigenvalue weighted by Gasteiger charge is -2.49. The quantitative estimate of drug-likeness (QED) is 0.199. The van der Waals surface area contributed by atoms with E-state index >= 15 is 0 Å². The van der Waals surface area contributed by atoms with Crippen LogP contribution in [0.4, 0.5) is 0 Å². The SMILES string of the molecule is O=C[C@H](O)[C@](O)(C1O[C@H](CO)[C@@H](O)[C@H](O)[C@H]1O)[C@H](O)[C@H](O)CO. The molecule has 0 aromatic rings. The number of aldehydes is 1. The predicted molar refractivity (Wildman–Crippen MR) is 69.9 cm³/mol. The van der Waals surface area contributed by atoms with Crippen molar-refractivity contribution in [1.82, 2.24) is 0 Å². The van der Waals surface area contributed by atoms with Crippen LogP contribution in [0, 0.1) is 0 Å². The molecule has 9 N–H and O–H groups in total. The summed E-state index contributed by atoms with van der Waals surface area (Å²) in [4.78, 5) is 10.8. The molecule has 11 heteroatoms. The average molecular weight is 342 g/mol. The zero-order valence-electron chi connectivity index (χ0n) is 12.0. The Hall–Kier alpha value is -0.730. The highest BCUT2D eigenvalue weighted by Gasteiger charge is 2.59. The molecular formula is C12H22O11. The number of rotatable bonds is 7. The molecule has 1 heterocycles. The number of carbonyl (C=O) groups excluding carboxylic acids is 1. The van der Waals surface area contributed by atoms with Gasteiger partial charge in [0.25, 0.3) is 0 Å². The summed E-state index contributed by atoms with van der Waals surface area (Å²) in [5.41, 5.74) is -3.04. The zero-order chi connectivity index (χ0) is 17.9. The maximum Gasteiger partial charge on any atom is 0.154 e. The van der Waals surface area contributed by atoms with Gasteiger partial charge in [0.1, 0.15) is 48.8 Å². The van der Waals surface area contributed by atoms with Gasteiger partial charge in [-0.05, 0) is 0 Å². The highest BCUT2D eigenvalue weighted by atomic mass is 16.6. The average Bonchev–Trinajstić information content (AvgIpc) is 2.56. The number of hydrogen-bond acceptors (Lipinski definition) is 11. The molecule has 0 bridgehead atoms. The molecule has 0 aromatic heterocycles. The Morgan fingerprint density at radius 1 is 1.04 bits per heavy atom. The summed E-state index contributed by atoms with van der Waals surface area (Å²) in [6, 6.07) is 0. The number of carbonyl (C=O) groups is 1. The van der Waals surface area contributed by atoms with Gasteiger partial charge in [-0.2, -0.15) is 0 Å². The molecular weight excluding hydrogens is 320 g/mol. The van der Waals surface area contributed by atoms with E-state index in [0.717, 1.165) is 0 Å². The van der Waals surface area contributed by atoms with Gasteiger partial charge in [0, 0.05) is 0 Å². The van der Waals surface area contributed by atoms with Crippen LogP contribution < -0.4 is 0 Å². The Morgan fingerprint density at radius 2 is 1.61 bits per heavy atom. The highest BCUT2D eigenvalue weighted by Crippen LogP contribution is 2.33. The van der Waals surface area contributed by atoms with E-state index in [9.17, 15) is 40.5 Å². The van der Waals surface area contributed by atoms with Gasteiger partial charge in [-0.15, -0.1) is 0 Å². The van der Waals surface area contributed by atoms with Crippen LogP contribution in [-0.2, 0) is 9.53 Å². The largest absolute Gasteiger partial charge is 0.394 e. The molecule has 0 saturated carbocycles. The minimum Gasteiger partial charge on any atom is -0.394 e. The summed E-state index contributed by atoms with van der Waals surface area (Å²) in [5, 5.41) is 86.9. The van der Waals surface area contributed by atoms with Crippen LogP contribution in [-0.4, -0.2) is 120 Å². The smallest absolute Gasteiger partial charge is 0.154 e. The lowest BCUT2D eigenvalue weighted by atomic mass is 9.76. The van der Waals surface area contributed by atoms with Crippen molar-refractivity contribution >= 4 is 6.29 Å². The number of aliphatic hydroxyl groups excluding tert-OH is 8. The third kappa shape index (κ3) is 3.53. The molecule has 11 nitrogen and oxygen atoms in total. The lowest BCUT2D eigenvalue weighted by Crippen LogP contribution is -2.73. The maximum atomic E-state index is 10.8. The first-order valence-electron chi connectivity index (χ1n) is 6.79. The standard InChI is InChI=1S/C12H22O11/c13-1-4(16)10(21)12(22,6(17)3-15)11-9(20)8(19)7(18)5(2-14)23-11/h3-11,13-14,16-22H,1-2H2/t4-,5-,6+,7-,8+,9-,10-,11?,12-/m1/s1. The Morgan fingerprint density at radius 3 is 2.04 bits per heavy atom. The van der Waals surface area contributed by atoms with Crippen LogP contribution in [0.1, 0.15) is 0 Å².